The molecule has 2 N–H and O–H groups in total. The van der Waals surface area contributed by atoms with Gasteiger partial charge in [0.2, 0.25) is 5.91 Å². The van der Waals surface area contributed by atoms with Crippen LogP contribution in [0, 0.1) is 0 Å². The molecule has 0 spiro atoms. The molecule has 1 saturated heterocycles. The molecular weight excluding hydrogens is 318 g/mol. The lowest BCUT2D eigenvalue weighted by Crippen LogP contribution is -2.50. The number of phenols is 1. The van der Waals surface area contributed by atoms with Gasteiger partial charge in [-0.15, -0.1) is 12.4 Å². The number of halogens is 1. The summed E-state index contributed by atoms with van der Waals surface area (Å²) in [5.41, 5.74) is 0.562. The summed E-state index contributed by atoms with van der Waals surface area (Å²) in [6.07, 6.45) is 1.38. The van der Waals surface area contributed by atoms with Crippen molar-refractivity contribution in [3.8, 4) is 5.75 Å². The van der Waals surface area contributed by atoms with Gasteiger partial charge in [-0.25, -0.2) is 0 Å². The van der Waals surface area contributed by atoms with E-state index in [1.807, 2.05) is 11.9 Å². The highest BCUT2D eigenvalue weighted by Gasteiger charge is 2.24. The lowest BCUT2D eigenvalue weighted by Gasteiger charge is -2.35. The summed E-state index contributed by atoms with van der Waals surface area (Å²) in [5.74, 6) is 0.253. The van der Waals surface area contributed by atoms with E-state index in [9.17, 15) is 14.7 Å². The monoisotopic (exact) mass is 341 g/mol. The molecule has 7 heteroatoms. The third-order valence-corrected chi connectivity index (χ3v) is 3.85. The Morgan fingerprint density at radius 3 is 2.22 bits per heavy atom. The molecule has 0 aromatic heterocycles. The van der Waals surface area contributed by atoms with Crippen LogP contribution >= 0.6 is 12.4 Å². The maximum Gasteiger partial charge on any atom is 0.253 e. The second-order valence-electron chi connectivity index (χ2n) is 5.43. The summed E-state index contributed by atoms with van der Waals surface area (Å²) >= 11 is 0. The van der Waals surface area contributed by atoms with Crippen LogP contribution in [0.2, 0.25) is 0 Å². The molecular formula is C16H24ClN3O3. The summed E-state index contributed by atoms with van der Waals surface area (Å²) in [6, 6.07) is 6.25. The highest BCUT2D eigenvalue weighted by atomic mass is 35.5. The van der Waals surface area contributed by atoms with Gasteiger partial charge in [-0.05, 0) is 44.3 Å². The van der Waals surface area contributed by atoms with E-state index in [0.29, 0.717) is 38.2 Å². The van der Waals surface area contributed by atoms with Crippen LogP contribution in [0.15, 0.2) is 24.3 Å². The normalized spacial score (nSPS) is 14.3. The molecule has 0 bridgehead atoms. The van der Waals surface area contributed by atoms with Crippen molar-refractivity contribution in [3.63, 3.8) is 0 Å². The van der Waals surface area contributed by atoms with Crippen LogP contribution in [0.25, 0.3) is 0 Å². The number of rotatable bonds is 5. The van der Waals surface area contributed by atoms with Gasteiger partial charge in [-0.3, -0.25) is 9.59 Å². The Labute approximate surface area is 142 Å². The van der Waals surface area contributed by atoms with E-state index in [1.54, 1.807) is 17.0 Å². The van der Waals surface area contributed by atoms with Gasteiger partial charge in [-0.2, -0.15) is 0 Å². The molecule has 0 radical (unpaired) electrons. The van der Waals surface area contributed by atoms with Crippen molar-refractivity contribution < 1.29 is 14.7 Å². The number of hydrogen-bond donors (Lipinski definition) is 2. The smallest absolute Gasteiger partial charge is 0.253 e. The molecule has 2 amide bonds. The molecule has 1 heterocycles. The lowest BCUT2D eigenvalue weighted by molar-refractivity contribution is -0.132. The number of carbonyl (C=O) groups is 2. The Balaban J connectivity index is 0.00000264. The fourth-order valence-corrected chi connectivity index (χ4v) is 2.52. The summed E-state index contributed by atoms with van der Waals surface area (Å²) < 4.78 is 0. The lowest BCUT2D eigenvalue weighted by atomic mass is 10.1. The Morgan fingerprint density at radius 1 is 1.09 bits per heavy atom. The van der Waals surface area contributed by atoms with Gasteiger partial charge in [0.05, 0.1) is 0 Å². The summed E-state index contributed by atoms with van der Waals surface area (Å²) in [7, 11) is 1.87. The Bertz CT molecular complexity index is 514. The first-order valence-corrected chi connectivity index (χ1v) is 7.62. The number of carbonyl (C=O) groups excluding carboxylic acids is 2. The number of benzene rings is 1. The van der Waals surface area contributed by atoms with Gasteiger partial charge in [0.1, 0.15) is 5.75 Å². The second kappa shape index (κ2) is 9.37. The number of hydrogen-bond acceptors (Lipinski definition) is 4. The molecule has 1 aromatic carbocycles. The van der Waals surface area contributed by atoms with Gasteiger partial charge in [-0.1, -0.05) is 0 Å². The van der Waals surface area contributed by atoms with Gasteiger partial charge in [0, 0.05) is 38.2 Å². The van der Waals surface area contributed by atoms with E-state index in [1.165, 1.54) is 12.1 Å². The van der Waals surface area contributed by atoms with Crippen molar-refractivity contribution in [2.24, 2.45) is 0 Å². The molecule has 0 aliphatic carbocycles. The Hall–Kier alpha value is -1.79. The number of nitrogens with one attached hydrogen (secondary N) is 1. The molecule has 2 rings (SSSR count). The van der Waals surface area contributed by atoms with Crippen molar-refractivity contribution in [2.45, 2.75) is 12.8 Å². The first-order chi connectivity index (χ1) is 10.6. The maximum atomic E-state index is 12.3. The van der Waals surface area contributed by atoms with E-state index in [0.717, 1.165) is 13.0 Å². The van der Waals surface area contributed by atoms with Gasteiger partial charge in [0.15, 0.2) is 0 Å². The summed E-state index contributed by atoms with van der Waals surface area (Å²) in [6.45, 7) is 3.12. The predicted octanol–water partition coefficient (Wildman–Crippen LogP) is 1.10. The van der Waals surface area contributed by atoms with Gasteiger partial charge >= 0.3 is 0 Å². The maximum absolute atomic E-state index is 12.3. The van der Waals surface area contributed by atoms with E-state index in [-0.39, 0.29) is 30.0 Å². The number of phenolic OH excluding ortho intramolecular Hbond substituents is 1. The van der Waals surface area contributed by atoms with E-state index in [4.69, 9.17) is 0 Å². The number of nitrogens with zero attached hydrogens (tertiary/aromatic N) is 2. The van der Waals surface area contributed by atoms with Crippen molar-refractivity contribution in [1.29, 1.82) is 0 Å². The molecule has 0 unspecified atom stereocenters. The van der Waals surface area contributed by atoms with Crippen LogP contribution in [0.1, 0.15) is 23.2 Å². The molecule has 128 valence electrons. The largest absolute Gasteiger partial charge is 0.508 e. The minimum atomic E-state index is -0.0534. The SMILES string of the molecule is CNCCCC(=O)N1CCN(C(=O)c2ccc(O)cc2)CC1.Cl. The topological polar surface area (TPSA) is 72.9 Å². The number of piperazine rings is 1. The minimum Gasteiger partial charge on any atom is -0.508 e. The average molecular weight is 342 g/mol. The first-order valence-electron chi connectivity index (χ1n) is 7.62. The molecule has 6 nitrogen and oxygen atoms in total. The van der Waals surface area contributed by atoms with Crippen LogP contribution in [0.5, 0.6) is 5.75 Å². The Kier molecular flexibility index (Phi) is 7.85. The van der Waals surface area contributed by atoms with E-state index >= 15 is 0 Å². The van der Waals surface area contributed by atoms with Crippen molar-refractivity contribution >= 4 is 24.2 Å². The second-order valence-corrected chi connectivity index (χ2v) is 5.43. The zero-order valence-corrected chi connectivity index (χ0v) is 14.1. The van der Waals surface area contributed by atoms with Crippen LogP contribution < -0.4 is 5.32 Å². The molecule has 1 aromatic rings. The van der Waals surface area contributed by atoms with E-state index < -0.39 is 0 Å². The summed E-state index contributed by atoms with van der Waals surface area (Å²) in [5, 5.41) is 12.3. The fraction of sp³-hybridized carbons (Fsp3) is 0.500. The quantitative estimate of drug-likeness (QED) is 0.787. The average Bonchev–Trinajstić information content (AvgIpc) is 2.55. The van der Waals surface area contributed by atoms with Crippen molar-refractivity contribution in [3.05, 3.63) is 29.8 Å². The third kappa shape index (κ3) is 5.41. The van der Waals surface area contributed by atoms with Crippen molar-refractivity contribution in [2.75, 3.05) is 39.8 Å². The minimum absolute atomic E-state index is 0. The van der Waals surface area contributed by atoms with Crippen LogP contribution in [0.4, 0.5) is 0 Å². The number of amides is 2. The fourth-order valence-electron chi connectivity index (χ4n) is 2.52. The standard InChI is InChI=1S/C16H23N3O3.ClH/c1-17-8-2-3-15(21)18-9-11-19(12-10-18)16(22)13-4-6-14(20)7-5-13;/h4-7,17,20H,2-3,8-12H2,1H3;1H. The zero-order valence-electron chi connectivity index (χ0n) is 13.3. The third-order valence-electron chi connectivity index (χ3n) is 3.85. The van der Waals surface area contributed by atoms with Gasteiger partial charge in [0.25, 0.3) is 5.91 Å². The summed E-state index contributed by atoms with van der Waals surface area (Å²) in [4.78, 5) is 27.9. The van der Waals surface area contributed by atoms with Crippen molar-refractivity contribution in [1.82, 2.24) is 15.1 Å². The molecule has 0 atom stereocenters. The zero-order chi connectivity index (χ0) is 15.9. The molecule has 1 fully saturated rings. The van der Waals surface area contributed by atoms with Crippen LogP contribution in [-0.4, -0.2) is 66.5 Å². The molecule has 1 aliphatic heterocycles. The number of aromatic hydroxyl groups is 1. The van der Waals surface area contributed by atoms with Crippen LogP contribution in [0.3, 0.4) is 0 Å². The molecule has 0 saturated carbocycles. The highest BCUT2D eigenvalue weighted by molar-refractivity contribution is 5.94. The molecule has 1 aliphatic rings. The predicted molar refractivity (Wildman–Crippen MR) is 91.0 cm³/mol. The Morgan fingerprint density at radius 2 is 1.65 bits per heavy atom. The van der Waals surface area contributed by atoms with Gasteiger partial charge < -0.3 is 20.2 Å². The first kappa shape index (κ1) is 19.3. The van der Waals surface area contributed by atoms with E-state index in [2.05, 4.69) is 5.32 Å². The highest BCUT2D eigenvalue weighted by Crippen LogP contribution is 2.13. The molecule has 23 heavy (non-hydrogen) atoms. The van der Waals surface area contributed by atoms with Crippen LogP contribution in [-0.2, 0) is 4.79 Å².